The van der Waals surface area contributed by atoms with E-state index in [2.05, 4.69) is 19.1 Å². The summed E-state index contributed by atoms with van der Waals surface area (Å²) >= 11 is 12.5. The summed E-state index contributed by atoms with van der Waals surface area (Å²) in [6, 6.07) is 10.3. The van der Waals surface area contributed by atoms with Gasteiger partial charge in [-0.05, 0) is 31.7 Å². The minimum Gasteiger partial charge on any atom is -0.375 e. The van der Waals surface area contributed by atoms with Crippen molar-refractivity contribution in [2.45, 2.75) is 43.8 Å². The Balaban J connectivity index is 2.16. The topological polar surface area (TPSA) is 9.23 Å². The molecule has 0 saturated carbocycles. The summed E-state index contributed by atoms with van der Waals surface area (Å²) in [4.78, 5) is 0. The molecule has 0 bridgehead atoms. The van der Waals surface area contributed by atoms with Crippen LogP contribution in [0.1, 0.15) is 31.7 Å². The maximum Gasteiger partial charge on any atom is 0.0589 e. The van der Waals surface area contributed by atoms with E-state index in [9.17, 15) is 0 Å². The van der Waals surface area contributed by atoms with Crippen molar-refractivity contribution < 1.29 is 4.74 Å². The molecule has 0 radical (unpaired) electrons. The Labute approximate surface area is 119 Å². The van der Waals surface area contributed by atoms with Gasteiger partial charge in [0.05, 0.1) is 12.2 Å². The van der Waals surface area contributed by atoms with Crippen LogP contribution in [0.3, 0.4) is 0 Å². The number of ether oxygens (including phenoxy) is 1. The molecule has 2 rings (SSSR count). The number of hydrogen-bond donors (Lipinski definition) is 0. The fourth-order valence-corrected chi connectivity index (χ4v) is 3.49. The molecule has 3 heteroatoms. The van der Waals surface area contributed by atoms with Crippen LogP contribution in [-0.4, -0.2) is 24.0 Å². The van der Waals surface area contributed by atoms with Crippen LogP contribution in [-0.2, 0) is 10.2 Å². The van der Waals surface area contributed by atoms with Crippen LogP contribution in [0.4, 0.5) is 0 Å². The smallest absolute Gasteiger partial charge is 0.0589 e. The molecule has 0 aliphatic carbocycles. The summed E-state index contributed by atoms with van der Waals surface area (Å²) in [5.74, 6) is 1.07. The Morgan fingerprint density at radius 2 is 1.83 bits per heavy atom. The van der Waals surface area contributed by atoms with Gasteiger partial charge in [-0.2, -0.15) is 0 Å². The number of benzene rings is 1. The molecule has 1 fully saturated rings. The molecule has 1 nitrogen and oxygen atoms in total. The van der Waals surface area contributed by atoms with Crippen molar-refractivity contribution >= 4 is 23.2 Å². The highest BCUT2D eigenvalue weighted by Gasteiger charge is 2.36. The summed E-state index contributed by atoms with van der Waals surface area (Å²) in [6.45, 7) is 2.13. The predicted molar refractivity (Wildman–Crippen MR) is 77.7 cm³/mol. The summed E-state index contributed by atoms with van der Waals surface area (Å²) in [5.41, 5.74) is 1.05. The zero-order valence-electron chi connectivity index (χ0n) is 10.7. The predicted octanol–water partition coefficient (Wildman–Crippen LogP) is 4.36. The van der Waals surface area contributed by atoms with E-state index >= 15 is 0 Å². The molecule has 1 aliphatic rings. The highest BCUT2D eigenvalue weighted by atomic mass is 35.5. The van der Waals surface area contributed by atoms with Crippen molar-refractivity contribution in [2.75, 3.05) is 11.8 Å². The van der Waals surface area contributed by atoms with E-state index < -0.39 is 0 Å². The second-order valence-electron chi connectivity index (χ2n) is 5.26. The number of alkyl halides is 2. The maximum absolute atomic E-state index is 6.23. The Kier molecular flexibility index (Phi) is 4.94. The van der Waals surface area contributed by atoms with Gasteiger partial charge in [-0.15, -0.1) is 23.2 Å². The molecular weight excluding hydrogens is 267 g/mol. The first-order chi connectivity index (χ1) is 8.70. The number of rotatable bonds is 5. The fourth-order valence-electron chi connectivity index (χ4n) is 2.68. The van der Waals surface area contributed by atoms with E-state index in [1.807, 2.05) is 18.2 Å². The summed E-state index contributed by atoms with van der Waals surface area (Å²) in [5, 5.41) is 0. The van der Waals surface area contributed by atoms with Crippen LogP contribution in [0.5, 0.6) is 0 Å². The van der Waals surface area contributed by atoms with E-state index in [-0.39, 0.29) is 11.5 Å². The van der Waals surface area contributed by atoms with Gasteiger partial charge in [-0.25, -0.2) is 0 Å². The van der Waals surface area contributed by atoms with E-state index in [0.29, 0.717) is 17.9 Å². The van der Waals surface area contributed by atoms with Crippen molar-refractivity contribution in [2.24, 2.45) is 0 Å². The zero-order valence-corrected chi connectivity index (χ0v) is 12.3. The Morgan fingerprint density at radius 1 is 1.17 bits per heavy atom. The first-order valence-corrected chi connectivity index (χ1v) is 7.60. The second kappa shape index (κ2) is 6.27. The third-order valence-electron chi connectivity index (χ3n) is 3.84. The molecule has 2 unspecified atom stereocenters. The molecule has 0 amide bonds. The summed E-state index contributed by atoms with van der Waals surface area (Å²) in [7, 11) is 0. The lowest BCUT2D eigenvalue weighted by molar-refractivity contribution is 0.0400. The maximum atomic E-state index is 6.23. The highest BCUT2D eigenvalue weighted by Crippen LogP contribution is 2.36. The third-order valence-corrected chi connectivity index (χ3v) is 4.86. The monoisotopic (exact) mass is 286 g/mol. The molecule has 0 spiro atoms. The molecular formula is C15H20Cl2O. The normalized spacial score (nSPS) is 24.4. The molecule has 0 N–H and O–H groups in total. The first kappa shape index (κ1) is 14.2. The van der Waals surface area contributed by atoms with E-state index in [0.717, 1.165) is 19.3 Å². The molecule has 0 aromatic heterocycles. The zero-order chi connectivity index (χ0) is 13.0. The molecule has 1 aromatic rings. The molecule has 1 heterocycles. The Hall–Kier alpha value is -0.240. The van der Waals surface area contributed by atoms with Gasteiger partial charge in [-0.3, -0.25) is 0 Å². The van der Waals surface area contributed by atoms with Crippen LogP contribution in [0.2, 0.25) is 0 Å². The van der Waals surface area contributed by atoms with Crippen molar-refractivity contribution in [1.82, 2.24) is 0 Å². The van der Waals surface area contributed by atoms with Gasteiger partial charge in [0.25, 0.3) is 0 Å². The standard InChI is InChI=1S/C15H20Cl2O/c1-12-7-8-14(18-12)9-15(10-16,11-17)13-5-3-2-4-6-13/h2-6,12,14H,7-11H2,1H3. The van der Waals surface area contributed by atoms with Crippen LogP contribution in [0, 0.1) is 0 Å². The molecule has 2 atom stereocenters. The average Bonchev–Trinajstić information content (AvgIpc) is 2.82. The van der Waals surface area contributed by atoms with Gasteiger partial charge in [0.1, 0.15) is 0 Å². The van der Waals surface area contributed by atoms with Gasteiger partial charge in [0.15, 0.2) is 0 Å². The quantitative estimate of drug-likeness (QED) is 0.731. The van der Waals surface area contributed by atoms with E-state index in [4.69, 9.17) is 27.9 Å². The minimum absolute atomic E-state index is 0.168. The van der Waals surface area contributed by atoms with Crippen LogP contribution < -0.4 is 0 Å². The SMILES string of the molecule is CC1CCC(CC(CCl)(CCl)c2ccccc2)O1. The van der Waals surface area contributed by atoms with Crippen molar-refractivity contribution in [1.29, 1.82) is 0 Å². The second-order valence-corrected chi connectivity index (χ2v) is 5.80. The highest BCUT2D eigenvalue weighted by molar-refractivity contribution is 6.22. The Bertz CT molecular complexity index is 362. The van der Waals surface area contributed by atoms with Crippen LogP contribution >= 0.6 is 23.2 Å². The van der Waals surface area contributed by atoms with Crippen LogP contribution in [0.25, 0.3) is 0 Å². The van der Waals surface area contributed by atoms with E-state index in [1.54, 1.807) is 0 Å². The van der Waals surface area contributed by atoms with Gasteiger partial charge in [0.2, 0.25) is 0 Å². The van der Waals surface area contributed by atoms with Gasteiger partial charge >= 0.3 is 0 Å². The third kappa shape index (κ3) is 3.01. The van der Waals surface area contributed by atoms with Crippen molar-refractivity contribution in [3.05, 3.63) is 35.9 Å². The van der Waals surface area contributed by atoms with Gasteiger partial charge in [-0.1, -0.05) is 30.3 Å². The molecule has 100 valence electrons. The lowest BCUT2D eigenvalue weighted by atomic mass is 9.79. The van der Waals surface area contributed by atoms with Crippen molar-refractivity contribution in [3.8, 4) is 0 Å². The average molecular weight is 287 g/mol. The van der Waals surface area contributed by atoms with Gasteiger partial charge < -0.3 is 4.74 Å². The summed E-state index contributed by atoms with van der Waals surface area (Å²) < 4.78 is 5.92. The number of halogens is 2. The Morgan fingerprint density at radius 3 is 2.33 bits per heavy atom. The minimum atomic E-state index is -0.168. The van der Waals surface area contributed by atoms with Crippen molar-refractivity contribution in [3.63, 3.8) is 0 Å². The number of hydrogen-bond acceptors (Lipinski definition) is 1. The molecule has 1 saturated heterocycles. The van der Waals surface area contributed by atoms with E-state index in [1.165, 1.54) is 5.56 Å². The molecule has 18 heavy (non-hydrogen) atoms. The van der Waals surface area contributed by atoms with Crippen LogP contribution in [0.15, 0.2) is 30.3 Å². The first-order valence-electron chi connectivity index (χ1n) is 6.53. The summed E-state index contributed by atoms with van der Waals surface area (Å²) in [6.07, 6.45) is 3.82. The fraction of sp³-hybridized carbons (Fsp3) is 0.600. The van der Waals surface area contributed by atoms with Gasteiger partial charge in [0, 0.05) is 17.2 Å². The largest absolute Gasteiger partial charge is 0.375 e. The molecule has 1 aromatic carbocycles. The lowest BCUT2D eigenvalue weighted by Crippen LogP contribution is -2.35. The molecule has 1 aliphatic heterocycles. The lowest BCUT2D eigenvalue weighted by Gasteiger charge is -2.32.